The first kappa shape index (κ1) is 39.4. The van der Waals surface area contributed by atoms with Gasteiger partial charge in [0.2, 0.25) is 0 Å². The molecule has 2 N–H and O–H groups in total. The van der Waals surface area contributed by atoms with Crippen LogP contribution < -0.4 is 20.1 Å². The van der Waals surface area contributed by atoms with Crippen LogP contribution in [0, 0.1) is 0 Å². The number of rotatable bonds is 15. The molecule has 0 fully saturated rings. The monoisotopic (exact) mass is 710 g/mol. The highest BCUT2D eigenvalue weighted by molar-refractivity contribution is 6.06. The van der Waals surface area contributed by atoms with Gasteiger partial charge in [-0.15, -0.1) is 0 Å². The quantitative estimate of drug-likeness (QED) is 0.0714. The van der Waals surface area contributed by atoms with E-state index in [0.717, 1.165) is 32.7 Å². The minimum Gasteiger partial charge on any atom is -0.492 e. The SMILES string of the molecule is CC(CC(=O)CC(=O)/C=C/c1ccc2cc(OCCNC(=O)OC(C)(C)C)ccc2c1)c1ccc2cc(OCCNC(=O)OC(C)(C)C)ccc2c1. The molecule has 276 valence electrons. The molecule has 4 aromatic rings. The summed E-state index contributed by atoms with van der Waals surface area (Å²) in [6, 6.07) is 23.3. The highest BCUT2D eigenvalue weighted by Crippen LogP contribution is 2.27. The molecular formula is C42H50N2O8. The molecular weight excluding hydrogens is 660 g/mol. The fourth-order valence-corrected chi connectivity index (χ4v) is 5.32. The zero-order valence-corrected chi connectivity index (χ0v) is 31.2. The summed E-state index contributed by atoms with van der Waals surface area (Å²) in [6.07, 6.45) is 2.32. The Balaban J connectivity index is 1.21. The minimum absolute atomic E-state index is 0.0564. The molecule has 0 spiro atoms. The Hall–Kier alpha value is -5.38. The number of hydrogen-bond acceptors (Lipinski definition) is 8. The topological polar surface area (TPSA) is 129 Å². The van der Waals surface area contributed by atoms with Crippen LogP contribution >= 0.6 is 0 Å². The van der Waals surface area contributed by atoms with Gasteiger partial charge in [-0.3, -0.25) is 9.59 Å². The van der Waals surface area contributed by atoms with Gasteiger partial charge in [0.05, 0.1) is 19.5 Å². The zero-order chi connectivity index (χ0) is 37.9. The lowest BCUT2D eigenvalue weighted by molar-refractivity contribution is -0.124. The second-order valence-corrected chi connectivity index (χ2v) is 14.7. The van der Waals surface area contributed by atoms with Gasteiger partial charge in [0.15, 0.2) is 5.78 Å². The fourth-order valence-electron chi connectivity index (χ4n) is 5.32. The average molecular weight is 711 g/mol. The summed E-state index contributed by atoms with van der Waals surface area (Å²) in [4.78, 5) is 49.1. The van der Waals surface area contributed by atoms with E-state index >= 15 is 0 Å². The summed E-state index contributed by atoms with van der Waals surface area (Å²) in [7, 11) is 0. The first-order valence-electron chi connectivity index (χ1n) is 17.5. The molecule has 4 aromatic carbocycles. The first-order valence-corrected chi connectivity index (χ1v) is 17.5. The van der Waals surface area contributed by atoms with Gasteiger partial charge in [0.1, 0.15) is 41.7 Å². The van der Waals surface area contributed by atoms with Gasteiger partial charge in [-0.05, 0) is 117 Å². The highest BCUT2D eigenvalue weighted by Gasteiger charge is 2.17. The summed E-state index contributed by atoms with van der Waals surface area (Å²) in [6.45, 7) is 14.1. The van der Waals surface area contributed by atoms with Crippen molar-refractivity contribution in [3.63, 3.8) is 0 Å². The van der Waals surface area contributed by atoms with E-state index in [4.69, 9.17) is 18.9 Å². The number of carbonyl (C=O) groups excluding carboxylic acids is 4. The largest absolute Gasteiger partial charge is 0.492 e. The molecule has 0 aliphatic rings. The third-order valence-electron chi connectivity index (χ3n) is 7.69. The lowest BCUT2D eigenvalue weighted by atomic mass is 9.92. The maximum Gasteiger partial charge on any atom is 0.407 e. The smallest absolute Gasteiger partial charge is 0.407 e. The van der Waals surface area contributed by atoms with E-state index < -0.39 is 23.4 Å². The average Bonchev–Trinajstić information content (AvgIpc) is 3.05. The van der Waals surface area contributed by atoms with Crippen LogP contribution in [0.15, 0.2) is 78.9 Å². The van der Waals surface area contributed by atoms with Crippen molar-refractivity contribution in [2.24, 2.45) is 0 Å². The van der Waals surface area contributed by atoms with Crippen LogP contribution in [0.4, 0.5) is 9.59 Å². The van der Waals surface area contributed by atoms with E-state index in [9.17, 15) is 19.2 Å². The third kappa shape index (κ3) is 13.4. The molecule has 0 aliphatic carbocycles. The van der Waals surface area contributed by atoms with Crippen LogP contribution in [0.2, 0.25) is 0 Å². The van der Waals surface area contributed by atoms with Crippen molar-refractivity contribution in [2.45, 2.75) is 78.4 Å². The normalized spacial score (nSPS) is 12.4. The number of ether oxygens (including phenoxy) is 4. The molecule has 0 aromatic heterocycles. The van der Waals surface area contributed by atoms with E-state index in [2.05, 4.69) is 16.7 Å². The number of fused-ring (bicyclic) bond motifs is 2. The zero-order valence-electron chi connectivity index (χ0n) is 31.2. The van der Waals surface area contributed by atoms with Crippen molar-refractivity contribution < 1.29 is 38.1 Å². The maximum atomic E-state index is 12.8. The van der Waals surface area contributed by atoms with Crippen LogP contribution in [0.1, 0.15) is 78.4 Å². The summed E-state index contributed by atoms with van der Waals surface area (Å²) in [5.74, 6) is 0.952. The molecule has 52 heavy (non-hydrogen) atoms. The molecule has 0 aliphatic heterocycles. The van der Waals surface area contributed by atoms with Gasteiger partial charge in [0.25, 0.3) is 0 Å². The Bertz CT molecular complexity index is 1920. The van der Waals surface area contributed by atoms with Crippen molar-refractivity contribution >= 4 is 51.4 Å². The van der Waals surface area contributed by atoms with Crippen molar-refractivity contribution in [1.82, 2.24) is 10.6 Å². The van der Waals surface area contributed by atoms with Crippen LogP contribution in [0.5, 0.6) is 11.5 Å². The van der Waals surface area contributed by atoms with Crippen molar-refractivity contribution in [3.8, 4) is 11.5 Å². The number of carbonyl (C=O) groups is 4. The molecule has 0 saturated heterocycles. The number of ketones is 2. The number of allylic oxidation sites excluding steroid dienone is 1. The van der Waals surface area contributed by atoms with Gasteiger partial charge < -0.3 is 29.6 Å². The Labute approximate surface area is 305 Å². The van der Waals surface area contributed by atoms with Crippen molar-refractivity contribution in [3.05, 3.63) is 90.0 Å². The van der Waals surface area contributed by atoms with E-state index in [-0.39, 0.29) is 30.3 Å². The minimum atomic E-state index is -0.557. The molecule has 0 bridgehead atoms. The predicted octanol–water partition coefficient (Wildman–Crippen LogP) is 8.54. The number of Topliss-reactive ketones (excluding diaryl/α,β-unsaturated/α-hetero) is 1. The maximum absolute atomic E-state index is 12.8. The predicted molar refractivity (Wildman–Crippen MR) is 204 cm³/mol. The van der Waals surface area contributed by atoms with Crippen LogP contribution in [-0.2, 0) is 19.1 Å². The van der Waals surface area contributed by atoms with Crippen LogP contribution in [-0.4, -0.2) is 61.3 Å². The van der Waals surface area contributed by atoms with Crippen molar-refractivity contribution in [2.75, 3.05) is 26.3 Å². The molecule has 0 saturated carbocycles. The Morgan fingerprint density at radius 2 is 1.13 bits per heavy atom. The van der Waals surface area contributed by atoms with Gasteiger partial charge in [-0.2, -0.15) is 0 Å². The van der Waals surface area contributed by atoms with Gasteiger partial charge in [-0.1, -0.05) is 55.5 Å². The number of benzene rings is 4. The number of hydrogen-bond donors (Lipinski definition) is 2. The molecule has 10 heteroatoms. The standard InChI is InChI=1S/C42H50N2O8/c1-28(30-11-12-34-26-38(17-14-32(34)24-30)50-21-19-44-40(48)52-42(5,6)7)22-36(46)27-35(45)15-9-29-8-10-33-25-37(16-13-31(33)23-29)49-20-18-43-39(47)51-41(2,3)4/h8-17,23-26,28H,18-22,27H2,1-7H3,(H,43,47)(H,44,48)/b15-9+. The van der Waals surface area contributed by atoms with E-state index in [0.29, 0.717) is 37.8 Å². The van der Waals surface area contributed by atoms with Gasteiger partial charge >= 0.3 is 12.2 Å². The van der Waals surface area contributed by atoms with Crippen LogP contribution in [0.3, 0.4) is 0 Å². The summed E-state index contributed by atoms with van der Waals surface area (Å²) in [5.41, 5.74) is 0.749. The van der Waals surface area contributed by atoms with E-state index in [1.807, 2.05) is 115 Å². The molecule has 0 radical (unpaired) electrons. The fraction of sp³-hybridized carbons (Fsp3) is 0.381. The molecule has 4 rings (SSSR count). The van der Waals surface area contributed by atoms with Gasteiger partial charge in [-0.25, -0.2) is 9.59 Å². The lowest BCUT2D eigenvalue weighted by Gasteiger charge is -2.19. The van der Waals surface area contributed by atoms with Crippen molar-refractivity contribution in [1.29, 1.82) is 0 Å². The van der Waals surface area contributed by atoms with E-state index in [1.165, 1.54) is 6.08 Å². The van der Waals surface area contributed by atoms with Crippen LogP contribution in [0.25, 0.3) is 27.6 Å². The second-order valence-electron chi connectivity index (χ2n) is 14.7. The summed E-state index contributed by atoms with van der Waals surface area (Å²) in [5, 5.41) is 9.30. The molecule has 1 unspecified atom stereocenters. The molecule has 1 atom stereocenters. The Morgan fingerprint density at radius 1 is 0.654 bits per heavy atom. The molecule has 0 heterocycles. The van der Waals surface area contributed by atoms with Gasteiger partial charge in [0, 0.05) is 6.42 Å². The Morgan fingerprint density at radius 3 is 1.67 bits per heavy atom. The third-order valence-corrected chi connectivity index (χ3v) is 7.69. The number of alkyl carbamates (subject to hydrolysis) is 2. The lowest BCUT2D eigenvalue weighted by Crippen LogP contribution is -2.34. The summed E-state index contributed by atoms with van der Waals surface area (Å²) >= 11 is 0. The molecule has 10 nitrogen and oxygen atoms in total. The highest BCUT2D eigenvalue weighted by atomic mass is 16.6. The Kier molecular flexibility index (Phi) is 13.4. The first-order chi connectivity index (χ1) is 24.5. The van der Waals surface area contributed by atoms with E-state index in [1.54, 1.807) is 6.08 Å². The number of nitrogens with one attached hydrogen (secondary N) is 2. The number of amides is 2. The molecule has 2 amide bonds. The summed E-state index contributed by atoms with van der Waals surface area (Å²) < 4.78 is 22.0. The second kappa shape index (κ2) is 17.7.